The van der Waals surface area contributed by atoms with E-state index in [0.717, 1.165) is 11.3 Å². The molecule has 0 fully saturated rings. The second-order valence-corrected chi connectivity index (χ2v) is 4.18. The average molecular weight is 264 g/mol. The highest BCUT2D eigenvalue weighted by Crippen LogP contribution is 2.16. The van der Waals surface area contributed by atoms with Crippen LogP contribution in [0.3, 0.4) is 0 Å². The highest BCUT2D eigenvalue weighted by atomic mass is 35.5. The second kappa shape index (κ2) is 6.33. The topological polar surface area (TPSA) is 47.0 Å². The van der Waals surface area contributed by atoms with E-state index in [1.807, 2.05) is 37.4 Å². The van der Waals surface area contributed by atoms with Crippen LogP contribution in [-0.4, -0.2) is 17.2 Å². The van der Waals surface area contributed by atoms with Gasteiger partial charge in [-0.25, -0.2) is 0 Å². The lowest BCUT2D eigenvalue weighted by molar-refractivity contribution is 0.290. The smallest absolute Gasteiger partial charge is 0.233 e. The molecule has 0 aliphatic rings. The Balaban J connectivity index is 1.96. The number of hydrogen-bond acceptors (Lipinski definition) is 4. The fraction of sp³-hybridized carbons (Fsp3) is 0.231. The number of halogens is 1. The molecule has 2 aromatic rings. The van der Waals surface area contributed by atoms with Gasteiger partial charge in [0.25, 0.3) is 0 Å². The molecule has 1 heterocycles. The van der Waals surface area contributed by atoms with Gasteiger partial charge in [0.15, 0.2) is 0 Å². The Kier molecular flexibility index (Phi) is 4.50. The summed E-state index contributed by atoms with van der Waals surface area (Å²) in [4.78, 5) is 0. The van der Waals surface area contributed by atoms with Crippen molar-refractivity contribution in [2.24, 2.45) is 0 Å². The molecule has 5 heteroatoms. The molecule has 0 amide bonds. The number of nitrogens with one attached hydrogen (secondary N) is 1. The Labute approximate surface area is 111 Å². The minimum absolute atomic E-state index is 0.389. The van der Waals surface area contributed by atoms with Gasteiger partial charge in [0.05, 0.1) is 5.69 Å². The van der Waals surface area contributed by atoms with Crippen molar-refractivity contribution in [3.63, 3.8) is 0 Å². The van der Waals surface area contributed by atoms with Crippen LogP contribution < -0.4 is 10.1 Å². The first kappa shape index (κ1) is 12.8. The molecule has 1 aromatic heterocycles. The van der Waals surface area contributed by atoms with Crippen LogP contribution in [-0.2, 0) is 13.2 Å². The molecule has 0 saturated heterocycles. The maximum Gasteiger partial charge on any atom is 0.233 e. The molecule has 2 rings (SSSR count). The van der Waals surface area contributed by atoms with Gasteiger partial charge >= 0.3 is 0 Å². The van der Waals surface area contributed by atoms with Crippen LogP contribution in [0.25, 0.3) is 0 Å². The number of aromatic nitrogens is 2. The average Bonchev–Trinajstić information content (AvgIpc) is 2.40. The lowest BCUT2D eigenvalue weighted by atomic mass is 10.2. The molecule has 18 heavy (non-hydrogen) atoms. The maximum atomic E-state index is 6.03. The quantitative estimate of drug-likeness (QED) is 0.900. The van der Waals surface area contributed by atoms with E-state index in [1.54, 1.807) is 6.07 Å². The highest BCUT2D eigenvalue weighted by molar-refractivity contribution is 6.31. The predicted molar refractivity (Wildman–Crippen MR) is 70.6 cm³/mol. The molecule has 0 radical (unpaired) electrons. The van der Waals surface area contributed by atoms with E-state index in [4.69, 9.17) is 16.3 Å². The first-order valence-corrected chi connectivity index (χ1v) is 6.01. The van der Waals surface area contributed by atoms with Gasteiger partial charge in [-0.2, -0.15) is 5.10 Å². The molecule has 0 aliphatic heterocycles. The van der Waals surface area contributed by atoms with E-state index in [0.29, 0.717) is 24.1 Å². The Morgan fingerprint density at radius 1 is 1.17 bits per heavy atom. The number of hydrogen-bond donors (Lipinski definition) is 1. The van der Waals surface area contributed by atoms with Gasteiger partial charge in [0.2, 0.25) is 5.88 Å². The number of nitrogens with zero attached hydrogens (tertiary/aromatic N) is 2. The summed E-state index contributed by atoms with van der Waals surface area (Å²) < 4.78 is 5.53. The van der Waals surface area contributed by atoms with Gasteiger partial charge in [0, 0.05) is 23.2 Å². The number of ether oxygens (including phenoxy) is 1. The fourth-order valence-corrected chi connectivity index (χ4v) is 1.66. The minimum atomic E-state index is 0.389. The first-order chi connectivity index (χ1) is 8.79. The summed E-state index contributed by atoms with van der Waals surface area (Å²) in [7, 11) is 1.86. The molecular formula is C13H14ClN3O. The zero-order chi connectivity index (χ0) is 12.8. The standard InChI is InChI=1S/C13H14ClN3O/c1-15-8-11-6-7-13(17-16-11)18-9-10-4-2-3-5-12(10)14/h2-7,15H,8-9H2,1H3. The normalized spacial score (nSPS) is 10.3. The molecule has 0 spiro atoms. The number of benzene rings is 1. The summed E-state index contributed by atoms with van der Waals surface area (Å²) in [5.41, 5.74) is 1.81. The van der Waals surface area contributed by atoms with Crippen LogP contribution in [0.5, 0.6) is 5.88 Å². The van der Waals surface area contributed by atoms with E-state index in [2.05, 4.69) is 15.5 Å². The van der Waals surface area contributed by atoms with Gasteiger partial charge in [0.1, 0.15) is 6.61 Å². The third-order valence-electron chi connectivity index (χ3n) is 2.39. The summed E-state index contributed by atoms with van der Waals surface area (Å²) in [6.07, 6.45) is 0. The van der Waals surface area contributed by atoms with Crippen molar-refractivity contribution >= 4 is 11.6 Å². The van der Waals surface area contributed by atoms with Crippen LogP contribution >= 0.6 is 11.6 Å². The van der Waals surface area contributed by atoms with Crippen LogP contribution in [0.2, 0.25) is 5.02 Å². The largest absolute Gasteiger partial charge is 0.472 e. The first-order valence-electron chi connectivity index (χ1n) is 5.63. The zero-order valence-corrected chi connectivity index (χ0v) is 10.8. The predicted octanol–water partition coefficient (Wildman–Crippen LogP) is 2.43. The van der Waals surface area contributed by atoms with E-state index in [9.17, 15) is 0 Å². The fourth-order valence-electron chi connectivity index (χ4n) is 1.47. The second-order valence-electron chi connectivity index (χ2n) is 3.77. The lowest BCUT2D eigenvalue weighted by Gasteiger charge is -2.06. The summed E-state index contributed by atoms with van der Waals surface area (Å²) in [6, 6.07) is 11.2. The minimum Gasteiger partial charge on any atom is -0.472 e. The van der Waals surface area contributed by atoms with E-state index < -0.39 is 0 Å². The van der Waals surface area contributed by atoms with Crippen molar-refractivity contribution in [2.45, 2.75) is 13.2 Å². The van der Waals surface area contributed by atoms with Gasteiger partial charge in [-0.05, 0) is 19.2 Å². The van der Waals surface area contributed by atoms with Gasteiger partial charge < -0.3 is 10.1 Å². The zero-order valence-electron chi connectivity index (χ0n) is 10.1. The molecule has 1 aromatic carbocycles. The third-order valence-corrected chi connectivity index (χ3v) is 2.76. The van der Waals surface area contributed by atoms with Gasteiger partial charge in [-0.15, -0.1) is 5.10 Å². The van der Waals surface area contributed by atoms with Gasteiger partial charge in [-0.1, -0.05) is 29.8 Å². The molecule has 0 unspecified atom stereocenters. The maximum absolute atomic E-state index is 6.03. The molecule has 0 atom stereocenters. The van der Waals surface area contributed by atoms with Crippen molar-refractivity contribution in [3.05, 3.63) is 52.7 Å². The van der Waals surface area contributed by atoms with E-state index >= 15 is 0 Å². The molecule has 0 bridgehead atoms. The van der Waals surface area contributed by atoms with Crippen LogP contribution in [0.4, 0.5) is 0 Å². The molecule has 4 nitrogen and oxygen atoms in total. The summed E-state index contributed by atoms with van der Waals surface area (Å²) >= 11 is 6.03. The van der Waals surface area contributed by atoms with Crippen LogP contribution in [0.1, 0.15) is 11.3 Å². The number of rotatable bonds is 5. The Morgan fingerprint density at radius 3 is 2.67 bits per heavy atom. The lowest BCUT2D eigenvalue weighted by Crippen LogP contribution is -2.08. The van der Waals surface area contributed by atoms with Crippen molar-refractivity contribution in [1.82, 2.24) is 15.5 Å². The Morgan fingerprint density at radius 2 is 2.00 bits per heavy atom. The molecular weight excluding hydrogens is 250 g/mol. The summed E-state index contributed by atoms with van der Waals surface area (Å²) in [6.45, 7) is 1.08. The van der Waals surface area contributed by atoms with E-state index in [-0.39, 0.29) is 0 Å². The molecule has 0 aliphatic carbocycles. The summed E-state index contributed by atoms with van der Waals surface area (Å²) in [5.74, 6) is 0.495. The van der Waals surface area contributed by atoms with Crippen LogP contribution in [0, 0.1) is 0 Å². The van der Waals surface area contributed by atoms with Crippen molar-refractivity contribution in [1.29, 1.82) is 0 Å². The van der Waals surface area contributed by atoms with Crippen LogP contribution in [0.15, 0.2) is 36.4 Å². The van der Waals surface area contributed by atoms with E-state index in [1.165, 1.54) is 0 Å². The monoisotopic (exact) mass is 263 g/mol. The van der Waals surface area contributed by atoms with Crippen molar-refractivity contribution < 1.29 is 4.74 Å². The van der Waals surface area contributed by atoms with Gasteiger partial charge in [-0.3, -0.25) is 0 Å². The van der Waals surface area contributed by atoms with Crippen molar-refractivity contribution in [3.8, 4) is 5.88 Å². The SMILES string of the molecule is CNCc1ccc(OCc2ccccc2Cl)nn1. The molecule has 94 valence electrons. The van der Waals surface area contributed by atoms with Crippen molar-refractivity contribution in [2.75, 3.05) is 7.05 Å². The highest BCUT2D eigenvalue weighted by Gasteiger charge is 2.02. The summed E-state index contributed by atoms with van der Waals surface area (Å²) in [5, 5.41) is 11.7. The molecule has 1 N–H and O–H groups in total. The Bertz CT molecular complexity index is 502. The molecule has 0 saturated carbocycles. The third kappa shape index (κ3) is 3.42. The Hall–Kier alpha value is -1.65.